The lowest BCUT2D eigenvalue weighted by molar-refractivity contribution is -0.137. The number of hydrogen-bond acceptors (Lipinski definition) is 7. The first kappa shape index (κ1) is 23.1. The van der Waals surface area contributed by atoms with Crippen LogP contribution in [-0.2, 0) is 30.4 Å². The molecule has 3 N–H and O–H groups in total. The number of carbonyl (C=O) groups excluding carboxylic acids is 1. The number of nitrogen functional groups attached to an aromatic ring is 1. The molecule has 0 bridgehead atoms. The smallest absolute Gasteiger partial charge is 0.399 e. The van der Waals surface area contributed by atoms with E-state index in [0.29, 0.717) is 68.8 Å². The topological polar surface area (TPSA) is 114 Å². The second kappa shape index (κ2) is 8.87. The Bertz CT molecular complexity index is 1270. The van der Waals surface area contributed by atoms with Crippen molar-refractivity contribution >= 4 is 23.3 Å². The van der Waals surface area contributed by atoms with Gasteiger partial charge in [-0.15, -0.1) is 10.2 Å². The number of fused-ring (bicyclic) bond motifs is 3. The normalized spacial score (nSPS) is 16.5. The molecule has 0 spiro atoms. The summed E-state index contributed by atoms with van der Waals surface area (Å²) in [4.78, 5) is 21.2. The third-order valence-corrected chi connectivity index (χ3v) is 6.25. The zero-order valence-electron chi connectivity index (χ0n) is 19.1. The molecule has 4 heterocycles. The van der Waals surface area contributed by atoms with Gasteiger partial charge in [0.15, 0.2) is 0 Å². The van der Waals surface area contributed by atoms with E-state index in [-0.39, 0.29) is 18.3 Å². The minimum Gasteiger partial charge on any atom is -0.399 e. The number of morpholine rings is 1. The number of halogens is 3. The Morgan fingerprint density at radius 2 is 1.91 bits per heavy atom. The average Bonchev–Trinajstić information content (AvgIpc) is 3.22. The number of benzene rings is 1. The van der Waals surface area contributed by atoms with E-state index in [0.717, 1.165) is 23.4 Å². The highest BCUT2D eigenvalue weighted by Crippen LogP contribution is 2.32. The Kier molecular flexibility index (Phi) is 5.87. The molecule has 3 aromatic rings. The minimum atomic E-state index is -4.50. The number of nitrogens with zero attached hydrogens (tertiary/aromatic N) is 6. The second-order valence-electron chi connectivity index (χ2n) is 8.64. The molecule has 0 saturated carbocycles. The molecule has 1 saturated heterocycles. The number of aromatic nitrogens is 4. The van der Waals surface area contributed by atoms with Crippen molar-refractivity contribution in [2.24, 2.45) is 0 Å². The molecule has 2 aliphatic heterocycles. The van der Waals surface area contributed by atoms with E-state index in [1.165, 1.54) is 6.07 Å². The first-order valence-electron chi connectivity index (χ1n) is 11.3. The third kappa shape index (κ3) is 4.55. The summed E-state index contributed by atoms with van der Waals surface area (Å²) in [7, 11) is 0. The summed E-state index contributed by atoms with van der Waals surface area (Å²) < 4.78 is 46.9. The molecule has 2 aliphatic rings. The SMILES string of the molecule is Cc1nnc2nc(NCc3cc(N)cc(C(F)(F)F)c3)c3c(n12)CCN(C(=O)N1CCOCC1)C3. The van der Waals surface area contributed by atoms with Crippen molar-refractivity contribution in [2.45, 2.75) is 32.6 Å². The van der Waals surface area contributed by atoms with Crippen LogP contribution in [0.3, 0.4) is 0 Å². The highest BCUT2D eigenvalue weighted by molar-refractivity contribution is 5.75. The van der Waals surface area contributed by atoms with E-state index in [4.69, 9.17) is 10.5 Å². The maximum absolute atomic E-state index is 13.2. The van der Waals surface area contributed by atoms with E-state index < -0.39 is 11.7 Å². The van der Waals surface area contributed by atoms with Crippen LogP contribution in [0, 0.1) is 6.92 Å². The molecule has 0 unspecified atom stereocenters. The number of ether oxygens (including phenoxy) is 1. The van der Waals surface area contributed by atoms with E-state index in [1.807, 2.05) is 11.3 Å². The Hall–Kier alpha value is -3.61. The van der Waals surface area contributed by atoms with Gasteiger partial charge in [0, 0.05) is 49.5 Å². The fraction of sp³-hybridized carbons (Fsp3) is 0.455. The highest BCUT2D eigenvalue weighted by Gasteiger charge is 2.32. The van der Waals surface area contributed by atoms with Crippen molar-refractivity contribution in [3.05, 3.63) is 46.4 Å². The zero-order valence-corrected chi connectivity index (χ0v) is 19.1. The molecule has 2 amide bonds. The van der Waals surface area contributed by atoms with Crippen molar-refractivity contribution in [3.8, 4) is 0 Å². The van der Waals surface area contributed by atoms with Gasteiger partial charge in [-0.25, -0.2) is 4.79 Å². The van der Waals surface area contributed by atoms with Crippen LogP contribution >= 0.6 is 0 Å². The number of urea groups is 1. The molecule has 5 rings (SSSR count). The van der Waals surface area contributed by atoms with Gasteiger partial charge in [-0.1, -0.05) is 0 Å². The molecule has 1 fully saturated rings. The first-order chi connectivity index (χ1) is 16.7. The standard InChI is InChI=1S/C22H25F3N8O2/c1-13-29-30-20-28-19(27-11-14-8-15(22(23,24)25)10-16(26)9-14)17-12-32(3-2-18(17)33(13)20)21(34)31-4-6-35-7-5-31/h8-10H,2-7,11-12,26H2,1H3,(H,27,28,30). The maximum Gasteiger partial charge on any atom is 0.416 e. The Balaban J connectivity index is 1.45. The number of nitrogens with one attached hydrogen (secondary N) is 1. The predicted octanol–water partition coefficient (Wildman–Crippen LogP) is 2.46. The lowest BCUT2D eigenvalue weighted by Gasteiger charge is -2.36. The number of anilines is 2. The highest BCUT2D eigenvalue weighted by atomic mass is 19.4. The van der Waals surface area contributed by atoms with Crippen LogP contribution in [-0.4, -0.2) is 68.3 Å². The van der Waals surface area contributed by atoms with E-state index in [1.54, 1.807) is 9.80 Å². The van der Waals surface area contributed by atoms with E-state index >= 15 is 0 Å². The monoisotopic (exact) mass is 490 g/mol. The molecule has 0 aliphatic carbocycles. The largest absolute Gasteiger partial charge is 0.416 e. The fourth-order valence-electron chi connectivity index (χ4n) is 4.55. The molecule has 13 heteroatoms. The Morgan fingerprint density at radius 1 is 1.14 bits per heavy atom. The van der Waals surface area contributed by atoms with Gasteiger partial charge in [0.25, 0.3) is 5.78 Å². The van der Waals surface area contributed by atoms with Crippen LogP contribution in [0.5, 0.6) is 0 Å². The number of alkyl halides is 3. The van der Waals surface area contributed by atoms with Crippen LogP contribution in [0.15, 0.2) is 18.2 Å². The Morgan fingerprint density at radius 3 is 2.66 bits per heavy atom. The van der Waals surface area contributed by atoms with Gasteiger partial charge in [0.05, 0.1) is 25.3 Å². The summed E-state index contributed by atoms with van der Waals surface area (Å²) in [5.41, 5.74) is 7.00. The van der Waals surface area contributed by atoms with Crippen LogP contribution in [0.1, 0.15) is 28.2 Å². The lowest BCUT2D eigenvalue weighted by Crippen LogP contribution is -2.49. The average molecular weight is 490 g/mol. The van der Waals surface area contributed by atoms with Crippen molar-refractivity contribution in [2.75, 3.05) is 43.9 Å². The van der Waals surface area contributed by atoms with Crippen molar-refractivity contribution in [1.29, 1.82) is 0 Å². The van der Waals surface area contributed by atoms with Crippen molar-refractivity contribution in [1.82, 2.24) is 29.4 Å². The van der Waals surface area contributed by atoms with Gasteiger partial charge in [-0.05, 0) is 30.7 Å². The van der Waals surface area contributed by atoms with Crippen LogP contribution < -0.4 is 11.1 Å². The lowest BCUT2D eigenvalue weighted by atomic mass is 10.1. The minimum absolute atomic E-state index is 0.0254. The summed E-state index contributed by atoms with van der Waals surface area (Å²) in [6.45, 7) is 4.79. The predicted molar refractivity (Wildman–Crippen MR) is 121 cm³/mol. The van der Waals surface area contributed by atoms with Gasteiger partial charge in [-0.3, -0.25) is 4.40 Å². The number of hydrogen-bond donors (Lipinski definition) is 2. The van der Waals surface area contributed by atoms with E-state index in [2.05, 4.69) is 20.5 Å². The fourth-order valence-corrected chi connectivity index (χ4v) is 4.55. The maximum atomic E-state index is 13.2. The molecule has 0 atom stereocenters. The first-order valence-corrected chi connectivity index (χ1v) is 11.3. The van der Waals surface area contributed by atoms with Gasteiger partial charge in [0.1, 0.15) is 11.6 Å². The zero-order chi connectivity index (χ0) is 24.7. The molecular weight excluding hydrogens is 465 g/mol. The molecule has 35 heavy (non-hydrogen) atoms. The van der Waals surface area contributed by atoms with Gasteiger partial charge in [0.2, 0.25) is 0 Å². The summed E-state index contributed by atoms with van der Waals surface area (Å²) in [6.07, 6.45) is -3.94. The molecule has 0 radical (unpaired) electrons. The van der Waals surface area contributed by atoms with Gasteiger partial charge < -0.3 is 25.6 Å². The number of rotatable bonds is 3. The summed E-state index contributed by atoms with van der Waals surface area (Å²) in [6, 6.07) is 3.38. The third-order valence-electron chi connectivity index (χ3n) is 6.25. The molecule has 10 nitrogen and oxygen atoms in total. The number of nitrogens with two attached hydrogens (primary N) is 1. The van der Waals surface area contributed by atoms with Crippen LogP contribution in [0.2, 0.25) is 0 Å². The number of carbonyl (C=O) groups is 1. The summed E-state index contributed by atoms with van der Waals surface area (Å²) in [5, 5.41) is 11.4. The Labute approximate surface area is 198 Å². The van der Waals surface area contributed by atoms with Gasteiger partial charge >= 0.3 is 12.2 Å². The summed E-state index contributed by atoms with van der Waals surface area (Å²) in [5.74, 6) is 1.52. The van der Waals surface area contributed by atoms with Crippen molar-refractivity contribution in [3.63, 3.8) is 0 Å². The van der Waals surface area contributed by atoms with Crippen LogP contribution in [0.25, 0.3) is 5.78 Å². The number of aryl methyl sites for hydroxylation is 1. The molecular formula is C22H25F3N8O2. The molecule has 1 aromatic carbocycles. The van der Waals surface area contributed by atoms with E-state index in [9.17, 15) is 18.0 Å². The van der Waals surface area contributed by atoms with Crippen molar-refractivity contribution < 1.29 is 22.7 Å². The number of amides is 2. The van der Waals surface area contributed by atoms with Crippen LogP contribution in [0.4, 0.5) is 29.5 Å². The van der Waals surface area contributed by atoms with Gasteiger partial charge in [-0.2, -0.15) is 18.2 Å². The second-order valence-corrected chi connectivity index (χ2v) is 8.64. The quantitative estimate of drug-likeness (QED) is 0.542. The molecule has 2 aromatic heterocycles. The summed E-state index contributed by atoms with van der Waals surface area (Å²) >= 11 is 0. The molecule has 186 valence electrons.